The Morgan fingerprint density at radius 1 is 1.10 bits per heavy atom. The van der Waals surface area contributed by atoms with E-state index in [4.69, 9.17) is 5.73 Å². The van der Waals surface area contributed by atoms with Crippen molar-refractivity contribution in [3.8, 4) is 0 Å². The molecule has 2 aromatic rings. The highest BCUT2D eigenvalue weighted by molar-refractivity contribution is 5.76. The molecule has 0 fully saturated rings. The monoisotopic (exact) mass is 269 g/mol. The van der Waals surface area contributed by atoms with Gasteiger partial charge in [-0.25, -0.2) is 0 Å². The van der Waals surface area contributed by atoms with E-state index in [9.17, 15) is 4.79 Å². The molecule has 0 bridgehead atoms. The topological polar surface area (TPSA) is 68.0 Å². The van der Waals surface area contributed by atoms with Crippen molar-refractivity contribution in [2.24, 2.45) is 0 Å². The van der Waals surface area contributed by atoms with E-state index in [2.05, 4.69) is 10.3 Å². The van der Waals surface area contributed by atoms with Gasteiger partial charge in [-0.3, -0.25) is 9.78 Å². The quantitative estimate of drug-likeness (QED) is 0.788. The minimum Gasteiger partial charge on any atom is -0.399 e. The summed E-state index contributed by atoms with van der Waals surface area (Å²) >= 11 is 0. The lowest BCUT2D eigenvalue weighted by atomic mass is 10.1. The molecule has 20 heavy (non-hydrogen) atoms. The van der Waals surface area contributed by atoms with Gasteiger partial charge in [0.05, 0.1) is 0 Å². The fourth-order valence-corrected chi connectivity index (χ4v) is 1.92. The molecule has 0 saturated heterocycles. The summed E-state index contributed by atoms with van der Waals surface area (Å²) in [5.41, 5.74) is 8.62. The maximum absolute atomic E-state index is 11.7. The molecule has 0 aliphatic heterocycles. The molecule has 0 aliphatic carbocycles. The number of amides is 1. The van der Waals surface area contributed by atoms with Gasteiger partial charge in [0.15, 0.2) is 0 Å². The predicted octanol–water partition coefficient (Wildman–Crippen LogP) is 1.96. The van der Waals surface area contributed by atoms with Crippen LogP contribution in [0.25, 0.3) is 0 Å². The Morgan fingerprint density at radius 3 is 2.60 bits per heavy atom. The van der Waals surface area contributed by atoms with Gasteiger partial charge in [-0.15, -0.1) is 0 Å². The van der Waals surface area contributed by atoms with Crippen LogP contribution in [0.2, 0.25) is 0 Å². The minimum absolute atomic E-state index is 0.0747. The van der Waals surface area contributed by atoms with Crippen molar-refractivity contribution in [1.82, 2.24) is 10.3 Å². The fourth-order valence-electron chi connectivity index (χ4n) is 1.92. The smallest absolute Gasteiger partial charge is 0.220 e. The molecule has 0 spiro atoms. The van der Waals surface area contributed by atoms with Gasteiger partial charge in [0.1, 0.15) is 0 Å². The van der Waals surface area contributed by atoms with Crippen LogP contribution in [0.15, 0.2) is 48.8 Å². The highest BCUT2D eigenvalue weighted by Gasteiger charge is 2.02. The third kappa shape index (κ3) is 4.72. The number of benzene rings is 1. The lowest BCUT2D eigenvalue weighted by Crippen LogP contribution is -2.25. The molecule has 1 heterocycles. The molecule has 1 amide bonds. The maximum Gasteiger partial charge on any atom is 0.220 e. The average Bonchev–Trinajstić information content (AvgIpc) is 2.48. The van der Waals surface area contributed by atoms with Crippen LogP contribution in [0.3, 0.4) is 0 Å². The van der Waals surface area contributed by atoms with Gasteiger partial charge in [0.2, 0.25) is 5.91 Å². The number of aromatic nitrogens is 1. The maximum atomic E-state index is 11.7. The zero-order valence-electron chi connectivity index (χ0n) is 11.4. The summed E-state index contributed by atoms with van der Waals surface area (Å²) in [5.74, 6) is 0.0747. The predicted molar refractivity (Wildman–Crippen MR) is 80.1 cm³/mol. The standard InChI is InChI=1S/C16H19N3O/c17-15-6-3-13(4-7-15)5-8-16(20)19-11-9-14-2-1-10-18-12-14/h1-4,6-7,10,12H,5,8-9,11,17H2,(H,19,20). The van der Waals surface area contributed by atoms with Crippen LogP contribution in [-0.2, 0) is 17.6 Å². The first kappa shape index (κ1) is 14.1. The summed E-state index contributed by atoms with van der Waals surface area (Å²) in [6.45, 7) is 0.645. The number of anilines is 1. The number of hydrogen-bond donors (Lipinski definition) is 2. The molecule has 0 saturated carbocycles. The average molecular weight is 269 g/mol. The Hall–Kier alpha value is -2.36. The van der Waals surface area contributed by atoms with Crippen molar-refractivity contribution in [3.63, 3.8) is 0 Å². The molecular formula is C16H19N3O. The number of nitrogens with one attached hydrogen (secondary N) is 1. The van der Waals surface area contributed by atoms with Gasteiger partial charge >= 0.3 is 0 Å². The van der Waals surface area contributed by atoms with Crippen molar-refractivity contribution in [1.29, 1.82) is 0 Å². The van der Waals surface area contributed by atoms with Crippen LogP contribution in [-0.4, -0.2) is 17.4 Å². The first-order valence-corrected chi connectivity index (χ1v) is 6.74. The fraction of sp³-hybridized carbons (Fsp3) is 0.250. The van der Waals surface area contributed by atoms with E-state index in [0.29, 0.717) is 13.0 Å². The summed E-state index contributed by atoms with van der Waals surface area (Å²) in [5, 5.41) is 2.92. The molecule has 0 aliphatic rings. The highest BCUT2D eigenvalue weighted by Crippen LogP contribution is 2.07. The number of nitrogen functional groups attached to an aromatic ring is 1. The van der Waals surface area contributed by atoms with Gasteiger partial charge < -0.3 is 11.1 Å². The number of hydrogen-bond acceptors (Lipinski definition) is 3. The number of carbonyl (C=O) groups excluding carboxylic acids is 1. The summed E-state index contributed by atoms with van der Waals surface area (Å²) < 4.78 is 0. The SMILES string of the molecule is Nc1ccc(CCC(=O)NCCc2cccnc2)cc1. The van der Waals surface area contributed by atoms with Crippen LogP contribution < -0.4 is 11.1 Å². The zero-order valence-corrected chi connectivity index (χ0v) is 11.4. The molecule has 1 aromatic carbocycles. The van der Waals surface area contributed by atoms with Crippen LogP contribution in [0, 0.1) is 0 Å². The number of aryl methyl sites for hydroxylation is 1. The van der Waals surface area contributed by atoms with E-state index in [1.165, 1.54) is 0 Å². The van der Waals surface area contributed by atoms with E-state index >= 15 is 0 Å². The van der Waals surface area contributed by atoms with Gasteiger partial charge in [0.25, 0.3) is 0 Å². The number of nitrogens with zero attached hydrogens (tertiary/aromatic N) is 1. The normalized spacial score (nSPS) is 10.2. The van der Waals surface area contributed by atoms with E-state index < -0.39 is 0 Å². The molecule has 0 atom stereocenters. The molecule has 4 nitrogen and oxygen atoms in total. The van der Waals surface area contributed by atoms with Crippen molar-refractivity contribution in [2.45, 2.75) is 19.3 Å². The van der Waals surface area contributed by atoms with Gasteiger partial charge in [0, 0.05) is 31.0 Å². The van der Waals surface area contributed by atoms with Crippen molar-refractivity contribution >= 4 is 11.6 Å². The molecule has 1 aromatic heterocycles. The molecule has 3 N–H and O–H groups in total. The second-order valence-corrected chi connectivity index (χ2v) is 4.70. The summed E-state index contributed by atoms with van der Waals surface area (Å²) in [6, 6.07) is 11.5. The van der Waals surface area contributed by atoms with Crippen molar-refractivity contribution in [2.75, 3.05) is 12.3 Å². The molecule has 4 heteroatoms. The Morgan fingerprint density at radius 2 is 1.90 bits per heavy atom. The second-order valence-electron chi connectivity index (χ2n) is 4.70. The molecule has 0 radical (unpaired) electrons. The molecular weight excluding hydrogens is 250 g/mol. The number of pyridine rings is 1. The van der Waals surface area contributed by atoms with Gasteiger partial charge in [-0.05, 0) is 42.2 Å². The van der Waals surface area contributed by atoms with E-state index in [1.807, 2.05) is 42.6 Å². The summed E-state index contributed by atoms with van der Waals surface area (Å²) in [7, 11) is 0. The minimum atomic E-state index is 0.0747. The summed E-state index contributed by atoms with van der Waals surface area (Å²) in [4.78, 5) is 15.8. The number of rotatable bonds is 6. The van der Waals surface area contributed by atoms with Crippen molar-refractivity contribution < 1.29 is 4.79 Å². The van der Waals surface area contributed by atoms with Crippen LogP contribution in [0.1, 0.15) is 17.5 Å². The van der Waals surface area contributed by atoms with Crippen molar-refractivity contribution in [3.05, 3.63) is 59.9 Å². The lowest BCUT2D eigenvalue weighted by molar-refractivity contribution is -0.121. The van der Waals surface area contributed by atoms with E-state index in [1.54, 1.807) is 6.20 Å². The number of carbonyl (C=O) groups is 1. The highest BCUT2D eigenvalue weighted by atomic mass is 16.1. The lowest BCUT2D eigenvalue weighted by Gasteiger charge is -2.05. The van der Waals surface area contributed by atoms with Gasteiger partial charge in [-0.1, -0.05) is 18.2 Å². The van der Waals surface area contributed by atoms with Gasteiger partial charge in [-0.2, -0.15) is 0 Å². The largest absolute Gasteiger partial charge is 0.399 e. The third-order valence-electron chi connectivity index (χ3n) is 3.08. The molecule has 0 unspecified atom stereocenters. The van der Waals surface area contributed by atoms with E-state index in [-0.39, 0.29) is 5.91 Å². The molecule has 2 rings (SSSR count). The van der Waals surface area contributed by atoms with Crippen LogP contribution >= 0.6 is 0 Å². The zero-order chi connectivity index (χ0) is 14.2. The number of nitrogens with two attached hydrogens (primary N) is 1. The first-order chi connectivity index (χ1) is 9.74. The molecule has 104 valence electrons. The third-order valence-corrected chi connectivity index (χ3v) is 3.08. The Kier molecular flexibility index (Phi) is 5.12. The second kappa shape index (κ2) is 7.28. The Bertz CT molecular complexity index is 537. The summed E-state index contributed by atoms with van der Waals surface area (Å²) in [6.07, 6.45) is 5.60. The first-order valence-electron chi connectivity index (χ1n) is 6.74. The Balaban J connectivity index is 1.67. The van der Waals surface area contributed by atoms with E-state index in [0.717, 1.165) is 29.7 Å². The van der Waals surface area contributed by atoms with Crippen LogP contribution in [0.4, 0.5) is 5.69 Å². The Labute approximate surface area is 119 Å². The van der Waals surface area contributed by atoms with Crippen LogP contribution in [0.5, 0.6) is 0 Å².